The molecule has 0 heterocycles. The zero-order chi connectivity index (χ0) is 27.2. The van der Waals surface area contributed by atoms with Crippen LogP contribution in [-0.2, 0) is 11.2 Å². The van der Waals surface area contributed by atoms with Crippen LogP contribution in [0.2, 0.25) is 0 Å². The molecule has 3 aromatic rings. The fourth-order valence-electron chi connectivity index (χ4n) is 3.27. The number of alkyl halides is 4. The van der Waals surface area contributed by atoms with Crippen molar-refractivity contribution in [1.29, 1.82) is 0 Å². The van der Waals surface area contributed by atoms with E-state index < -0.39 is 30.2 Å². The molecule has 0 radical (unpaired) electrons. The zero-order valence-electron chi connectivity index (χ0n) is 19.2. The molecule has 37 heavy (non-hydrogen) atoms. The molecule has 0 aliphatic heterocycles. The van der Waals surface area contributed by atoms with E-state index in [0.29, 0.717) is 23.4 Å². The van der Waals surface area contributed by atoms with Crippen molar-refractivity contribution in [3.05, 3.63) is 89.0 Å². The van der Waals surface area contributed by atoms with E-state index >= 15 is 0 Å². The minimum Gasteiger partial charge on any atom is -0.478 e. The summed E-state index contributed by atoms with van der Waals surface area (Å²) in [6.07, 6.45) is -6.56. The van der Waals surface area contributed by atoms with Crippen molar-refractivity contribution < 1.29 is 41.7 Å². The third kappa shape index (κ3) is 7.72. The highest BCUT2D eigenvalue weighted by Gasteiger charge is 2.43. The van der Waals surface area contributed by atoms with Gasteiger partial charge in [0.1, 0.15) is 11.5 Å². The maximum Gasteiger partial charge on any atom is 0.461 e. The van der Waals surface area contributed by atoms with Crippen molar-refractivity contribution in [3.8, 4) is 11.5 Å². The molecule has 0 aliphatic carbocycles. The molecule has 11 heteroatoms. The Hall–Kier alpha value is -4.54. The number of nitrogens with two attached hydrogens (primary N) is 2. The number of carboxylic acid groups (broad SMARTS) is 1. The Bertz CT molecular complexity index is 1270. The molecule has 5 N–H and O–H groups in total. The van der Waals surface area contributed by atoms with E-state index in [-0.39, 0.29) is 23.3 Å². The number of halogens is 4. The summed E-state index contributed by atoms with van der Waals surface area (Å²) in [5, 5.41) is 9.56. The smallest absolute Gasteiger partial charge is 0.461 e. The van der Waals surface area contributed by atoms with E-state index in [0.717, 1.165) is 29.8 Å². The van der Waals surface area contributed by atoms with Gasteiger partial charge in [-0.1, -0.05) is 12.1 Å². The largest absolute Gasteiger partial charge is 0.478 e. The lowest BCUT2D eigenvalue weighted by molar-refractivity contribution is -0.253. The Labute approximate surface area is 208 Å². The highest BCUT2D eigenvalue weighted by atomic mass is 19.3. The van der Waals surface area contributed by atoms with Crippen LogP contribution in [0, 0.1) is 0 Å². The first-order valence-corrected chi connectivity index (χ1v) is 10.8. The number of esters is 1. The number of benzene rings is 3. The summed E-state index contributed by atoms with van der Waals surface area (Å²) in [6.45, 7) is 0. The molecule has 0 fully saturated rings. The molecule has 0 aromatic heterocycles. The quantitative estimate of drug-likeness (QED) is 0.108. The van der Waals surface area contributed by atoms with Crippen LogP contribution in [0.1, 0.15) is 27.9 Å². The highest BCUT2D eigenvalue weighted by Crippen LogP contribution is 2.28. The van der Waals surface area contributed by atoms with Gasteiger partial charge in [0, 0.05) is 16.9 Å². The van der Waals surface area contributed by atoms with E-state index in [1.807, 2.05) is 0 Å². The molecule has 0 spiro atoms. The number of rotatable bonds is 10. The lowest BCUT2D eigenvalue weighted by atomic mass is 10.0. The van der Waals surface area contributed by atoms with Crippen LogP contribution in [0.3, 0.4) is 0 Å². The highest BCUT2D eigenvalue weighted by molar-refractivity contribution is 5.92. The maximum absolute atomic E-state index is 13.0. The average molecular weight is 518 g/mol. The van der Waals surface area contributed by atoms with Crippen LogP contribution >= 0.6 is 0 Å². The van der Waals surface area contributed by atoms with Crippen LogP contribution in [-0.4, -0.2) is 29.6 Å². The minimum atomic E-state index is -4.66. The third-order valence-corrected chi connectivity index (χ3v) is 5.02. The molecule has 3 rings (SSSR count). The van der Waals surface area contributed by atoms with Gasteiger partial charge in [-0.3, -0.25) is 0 Å². The van der Waals surface area contributed by atoms with Crippen molar-refractivity contribution in [2.75, 3.05) is 11.5 Å². The van der Waals surface area contributed by atoms with Crippen molar-refractivity contribution in [2.24, 2.45) is 0 Å². The first-order chi connectivity index (χ1) is 17.4. The molecular formula is C26H22F4N2O5. The second kappa shape index (κ2) is 11.5. The second-order valence-corrected chi connectivity index (χ2v) is 7.93. The zero-order valence-corrected chi connectivity index (χ0v) is 19.2. The minimum absolute atomic E-state index is 0.0352. The first-order valence-electron chi connectivity index (χ1n) is 10.8. The van der Waals surface area contributed by atoms with Gasteiger partial charge in [0.25, 0.3) is 0 Å². The van der Waals surface area contributed by atoms with Gasteiger partial charge in [-0.2, -0.15) is 17.6 Å². The van der Waals surface area contributed by atoms with Gasteiger partial charge in [0.15, 0.2) is 0 Å². The number of carboxylic acids is 1. The Morgan fingerprint density at radius 3 is 2.03 bits per heavy atom. The van der Waals surface area contributed by atoms with E-state index in [4.69, 9.17) is 16.2 Å². The number of hydrogen-bond donors (Lipinski definition) is 3. The Morgan fingerprint density at radius 1 is 0.919 bits per heavy atom. The van der Waals surface area contributed by atoms with Gasteiger partial charge >= 0.3 is 24.5 Å². The number of aliphatic carboxylic acids is 1. The van der Waals surface area contributed by atoms with Crippen molar-refractivity contribution in [3.63, 3.8) is 0 Å². The molecule has 0 atom stereocenters. The average Bonchev–Trinajstić information content (AvgIpc) is 2.82. The summed E-state index contributed by atoms with van der Waals surface area (Å²) < 4.78 is 59.6. The predicted octanol–water partition coefficient (Wildman–Crippen LogP) is 5.41. The van der Waals surface area contributed by atoms with Gasteiger partial charge in [-0.05, 0) is 84.6 Å². The molecule has 194 valence electrons. The van der Waals surface area contributed by atoms with Gasteiger partial charge in [0.2, 0.25) is 0 Å². The van der Waals surface area contributed by atoms with Gasteiger partial charge in [-0.25, -0.2) is 9.59 Å². The summed E-state index contributed by atoms with van der Waals surface area (Å²) in [4.78, 5) is 24.0. The monoisotopic (exact) mass is 518 g/mol. The van der Waals surface area contributed by atoms with Crippen molar-refractivity contribution >= 4 is 29.4 Å². The summed E-state index contributed by atoms with van der Waals surface area (Å²) in [5.41, 5.74) is 14.0. The molecular weight excluding hydrogens is 496 g/mol. The van der Waals surface area contributed by atoms with E-state index in [1.165, 1.54) is 18.2 Å². The first kappa shape index (κ1) is 27.1. The summed E-state index contributed by atoms with van der Waals surface area (Å²) >= 11 is 0. The number of carbonyl (C=O) groups excluding carboxylic acids is 1. The van der Waals surface area contributed by atoms with Crippen molar-refractivity contribution in [2.45, 2.75) is 25.4 Å². The number of ether oxygens (including phenoxy) is 2. The molecule has 0 amide bonds. The normalized spacial score (nSPS) is 11.9. The van der Waals surface area contributed by atoms with Crippen LogP contribution in [0.4, 0.5) is 28.9 Å². The van der Waals surface area contributed by atoms with E-state index in [2.05, 4.69) is 4.74 Å². The second-order valence-electron chi connectivity index (χ2n) is 7.93. The third-order valence-electron chi connectivity index (χ3n) is 5.02. The van der Waals surface area contributed by atoms with E-state index in [9.17, 15) is 32.3 Å². The molecule has 0 saturated carbocycles. The molecule has 7 nitrogen and oxygen atoms in total. The fourth-order valence-corrected chi connectivity index (χ4v) is 3.27. The molecule has 3 aromatic carbocycles. The van der Waals surface area contributed by atoms with E-state index in [1.54, 1.807) is 30.3 Å². The molecule has 0 aliphatic rings. The summed E-state index contributed by atoms with van der Waals surface area (Å²) in [5.74, 6) is -2.33. The number of hydrogen-bond acceptors (Lipinski definition) is 6. The van der Waals surface area contributed by atoms with Gasteiger partial charge < -0.3 is 26.0 Å². The number of carbonyl (C=O) groups is 2. The number of anilines is 2. The van der Waals surface area contributed by atoms with Crippen LogP contribution < -0.4 is 20.9 Å². The lowest BCUT2D eigenvalue weighted by Crippen LogP contribution is -2.33. The van der Waals surface area contributed by atoms with Crippen LogP contribution in [0.15, 0.2) is 72.3 Å². The molecule has 0 bridgehead atoms. The lowest BCUT2D eigenvalue weighted by Gasteiger charge is -2.16. The van der Waals surface area contributed by atoms with Crippen molar-refractivity contribution in [1.82, 2.24) is 0 Å². The maximum atomic E-state index is 13.0. The van der Waals surface area contributed by atoms with Gasteiger partial charge in [0.05, 0.1) is 5.56 Å². The Balaban J connectivity index is 1.63. The predicted molar refractivity (Wildman–Crippen MR) is 129 cm³/mol. The summed E-state index contributed by atoms with van der Waals surface area (Å²) in [7, 11) is 0. The Kier molecular flexibility index (Phi) is 8.38. The Morgan fingerprint density at radius 2 is 1.49 bits per heavy atom. The molecule has 0 saturated heterocycles. The number of aryl methyl sites for hydroxylation is 1. The van der Waals surface area contributed by atoms with Gasteiger partial charge in [-0.15, -0.1) is 0 Å². The standard InChI is InChI=1S/C26H22F4N2O5/c27-25(28)26(29,30)37-22-9-5-17(6-10-22)24(35)36-21-7-2-15(3-8-21)11-18(23(33)34)4-1-16-12-19(31)14-20(32)13-16/h2-3,5-14,25H,1,4,31-32H2,(H,33,34). The number of nitrogen functional groups attached to an aromatic ring is 2. The fraction of sp³-hybridized carbons (Fsp3) is 0.154. The van der Waals surface area contributed by atoms with Crippen LogP contribution in [0.5, 0.6) is 11.5 Å². The topological polar surface area (TPSA) is 125 Å². The van der Waals surface area contributed by atoms with Crippen LogP contribution in [0.25, 0.3) is 6.08 Å². The molecule has 0 unspecified atom stereocenters. The SMILES string of the molecule is Nc1cc(N)cc(CCC(=Cc2ccc(OC(=O)c3ccc(OC(F)(F)C(F)F)cc3)cc2)C(=O)O)c1. The summed E-state index contributed by atoms with van der Waals surface area (Å²) in [6, 6.07) is 15.1.